The fraction of sp³-hybridized carbons (Fsp3) is 0.962. The monoisotopic (exact) mass is 419 g/mol. The molecule has 172 valence electrons. The largest absolute Gasteiger partial charge is 0.444 e. The second-order valence-corrected chi connectivity index (χ2v) is 13.2. The van der Waals surface area contributed by atoms with E-state index in [0.717, 1.165) is 24.7 Å². The summed E-state index contributed by atoms with van der Waals surface area (Å²) in [5.41, 5.74) is 0.0869. The van der Waals surface area contributed by atoms with E-state index in [2.05, 4.69) is 33.0 Å². The lowest BCUT2D eigenvalue weighted by Crippen LogP contribution is -2.62. The fourth-order valence-corrected chi connectivity index (χ4v) is 8.79. The number of carbonyl (C=O) groups excluding carboxylic acids is 1. The van der Waals surface area contributed by atoms with Gasteiger partial charge in [-0.1, -0.05) is 27.7 Å². The van der Waals surface area contributed by atoms with E-state index in [-0.39, 0.29) is 29.1 Å². The number of amides is 1. The molecule has 0 bridgehead atoms. The molecule has 1 unspecified atom stereocenters. The van der Waals surface area contributed by atoms with E-state index in [0.29, 0.717) is 17.3 Å². The number of alkyl carbamates (subject to hydrolysis) is 1. The smallest absolute Gasteiger partial charge is 0.407 e. The van der Waals surface area contributed by atoms with Crippen LogP contribution >= 0.6 is 0 Å². The highest BCUT2D eigenvalue weighted by Gasteiger charge is 2.63. The van der Waals surface area contributed by atoms with Crippen LogP contribution < -0.4 is 5.32 Å². The van der Waals surface area contributed by atoms with E-state index >= 15 is 0 Å². The molecule has 4 nitrogen and oxygen atoms in total. The predicted molar refractivity (Wildman–Crippen MR) is 120 cm³/mol. The lowest BCUT2D eigenvalue weighted by Gasteiger charge is -2.65. The van der Waals surface area contributed by atoms with Crippen molar-refractivity contribution in [2.24, 2.45) is 39.9 Å². The highest BCUT2D eigenvalue weighted by Crippen LogP contribution is 2.68. The van der Waals surface area contributed by atoms with Crippen molar-refractivity contribution in [3.63, 3.8) is 0 Å². The Kier molecular flexibility index (Phi) is 5.32. The molecule has 4 fully saturated rings. The Bertz CT molecular complexity index is 682. The molecule has 0 spiro atoms. The average Bonchev–Trinajstić information content (AvgIpc) is 2.91. The molecule has 0 saturated heterocycles. The molecular weight excluding hydrogens is 374 g/mol. The van der Waals surface area contributed by atoms with Crippen molar-refractivity contribution in [3.8, 4) is 0 Å². The van der Waals surface area contributed by atoms with E-state index in [1.54, 1.807) is 0 Å². The lowest BCUT2D eigenvalue weighted by atomic mass is 9.41. The molecular formula is C26H45NO3. The first-order valence-corrected chi connectivity index (χ1v) is 12.5. The molecule has 0 heterocycles. The number of rotatable bonds is 1. The molecule has 0 radical (unpaired) electrons. The molecule has 1 amide bonds. The Morgan fingerprint density at radius 2 is 1.53 bits per heavy atom. The normalized spacial score (nSPS) is 47.6. The molecule has 30 heavy (non-hydrogen) atoms. The third-order valence-corrected chi connectivity index (χ3v) is 10.3. The highest BCUT2D eigenvalue weighted by molar-refractivity contribution is 5.68. The number of fused-ring (bicyclic) bond motifs is 5. The number of nitrogens with one attached hydrogen (secondary N) is 1. The van der Waals surface area contributed by atoms with Crippen LogP contribution in [0.3, 0.4) is 0 Å². The summed E-state index contributed by atoms with van der Waals surface area (Å²) >= 11 is 0. The van der Waals surface area contributed by atoms with Crippen molar-refractivity contribution in [2.45, 2.75) is 118 Å². The number of ether oxygens (including phenoxy) is 1. The van der Waals surface area contributed by atoms with Gasteiger partial charge in [0.05, 0.1) is 6.10 Å². The zero-order chi connectivity index (χ0) is 22.1. The molecule has 4 heteroatoms. The van der Waals surface area contributed by atoms with Crippen molar-refractivity contribution < 1.29 is 14.6 Å². The maximum absolute atomic E-state index is 12.5. The van der Waals surface area contributed by atoms with E-state index < -0.39 is 5.60 Å². The van der Waals surface area contributed by atoms with Crippen LogP contribution in [0, 0.1) is 39.9 Å². The second kappa shape index (κ2) is 7.12. The van der Waals surface area contributed by atoms with Gasteiger partial charge in [0.25, 0.3) is 0 Å². The lowest BCUT2D eigenvalue weighted by molar-refractivity contribution is -0.157. The number of carbonyl (C=O) groups is 1. The van der Waals surface area contributed by atoms with Crippen LogP contribution in [0.5, 0.6) is 0 Å². The van der Waals surface area contributed by atoms with Crippen LogP contribution in [0.15, 0.2) is 0 Å². The summed E-state index contributed by atoms with van der Waals surface area (Å²) in [5, 5.41) is 13.9. The first-order chi connectivity index (χ1) is 13.8. The Morgan fingerprint density at radius 1 is 0.900 bits per heavy atom. The summed E-state index contributed by atoms with van der Waals surface area (Å²) in [7, 11) is 0. The van der Waals surface area contributed by atoms with Crippen molar-refractivity contribution in [2.75, 3.05) is 0 Å². The van der Waals surface area contributed by atoms with E-state index in [9.17, 15) is 9.90 Å². The van der Waals surface area contributed by atoms with Gasteiger partial charge in [0.15, 0.2) is 0 Å². The molecule has 0 aromatic heterocycles. The SMILES string of the molecule is CC(C)(C)OC(=O)N[C@H]1CC[C@]2(C)[C@H]3CC[C@]4(C)C(O)CC[C@H]4[C@@H]3CC[C@H]2C1(C)C. The molecule has 8 atom stereocenters. The highest BCUT2D eigenvalue weighted by atomic mass is 16.6. The van der Waals surface area contributed by atoms with Gasteiger partial charge in [-0.3, -0.25) is 0 Å². The summed E-state index contributed by atoms with van der Waals surface area (Å²) in [6.45, 7) is 15.5. The average molecular weight is 420 g/mol. The van der Waals surface area contributed by atoms with Crippen LogP contribution in [0.1, 0.15) is 99.8 Å². The van der Waals surface area contributed by atoms with Gasteiger partial charge < -0.3 is 15.2 Å². The van der Waals surface area contributed by atoms with Crippen molar-refractivity contribution in [3.05, 3.63) is 0 Å². The summed E-state index contributed by atoms with van der Waals surface area (Å²) in [5.74, 6) is 2.86. The zero-order valence-electron chi connectivity index (χ0n) is 20.4. The molecule has 2 N–H and O–H groups in total. The van der Waals surface area contributed by atoms with Crippen LogP contribution in [0.4, 0.5) is 4.79 Å². The minimum Gasteiger partial charge on any atom is -0.444 e. The quantitative estimate of drug-likeness (QED) is 0.555. The van der Waals surface area contributed by atoms with Gasteiger partial charge in [-0.2, -0.15) is 0 Å². The van der Waals surface area contributed by atoms with Gasteiger partial charge in [0.2, 0.25) is 0 Å². The topological polar surface area (TPSA) is 58.6 Å². The Labute approximate surface area is 183 Å². The molecule has 0 aromatic carbocycles. The third kappa shape index (κ3) is 3.40. The van der Waals surface area contributed by atoms with E-state index in [4.69, 9.17) is 4.74 Å². The standard InChI is InChI=1S/C26H45NO3/c1-23(2,3)30-22(29)27-20-13-15-25(6)18-12-14-26(7)17(9-11-21(26)28)16(18)8-10-19(25)24(20,4)5/h16-21,28H,8-15H2,1-7H3,(H,27,29)/t16-,17-,18-,19-,20-,21?,25+,26-/m0/s1. The van der Waals surface area contributed by atoms with Gasteiger partial charge in [0, 0.05) is 6.04 Å². The van der Waals surface area contributed by atoms with E-state index in [1.165, 1.54) is 38.5 Å². The molecule has 0 aliphatic heterocycles. The van der Waals surface area contributed by atoms with Gasteiger partial charge in [-0.25, -0.2) is 4.79 Å². The third-order valence-electron chi connectivity index (χ3n) is 10.3. The number of aliphatic hydroxyl groups excluding tert-OH is 1. The van der Waals surface area contributed by atoms with Crippen molar-refractivity contribution >= 4 is 6.09 Å². The molecule has 4 aliphatic carbocycles. The van der Waals surface area contributed by atoms with Crippen LogP contribution in [-0.4, -0.2) is 28.9 Å². The Hall–Kier alpha value is -0.770. The first-order valence-electron chi connectivity index (χ1n) is 12.5. The van der Waals surface area contributed by atoms with Gasteiger partial charge >= 0.3 is 6.09 Å². The first kappa shape index (κ1) is 22.4. The van der Waals surface area contributed by atoms with Crippen molar-refractivity contribution in [1.82, 2.24) is 5.32 Å². The number of aliphatic hydroxyl groups is 1. The Balaban J connectivity index is 1.53. The number of hydrogen-bond donors (Lipinski definition) is 2. The summed E-state index contributed by atoms with van der Waals surface area (Å²) in [6.07, 6.45) is 9.06. The van der Waals surface area contributed by atoms with Gasteiger partial charge in [-0.15, -0.1) is 0 Å². The minimum absolute atomic E-state index is 0.0603. The van der Waals surface area contributed by atoms with Gasteiger partial charge in [-0.05, 0) is 112 Å². The molecule has 4 rings (SSSR count). The predicted octanol–water partition coefficient (Wildman–Crippen LogP) is 5.92. The second-order valence-electron chi connectivity index (χ2n) is 13.2. The molecule has 4 aliphatic rings. The maximum atomic E-state index is 12.5. The van der Waals surface area contributed by atoms with Crippen molar-refractivity contribution in [1.29, 1.82) is 0 Å². The fourth-order valence-electron chi connectivity index (χ4n) is 8.79. The summed E-state index contributed by atoms with van der Waals surface area (Å²) in [6, 6.07) is 0.170. The Morgan fingerprint density at radius 3 is 2.20 bits per heavy atom. The minimum atomic E-state index is -0.462. The number of hydrogen-bond acceptors (Lipinski definition) is 3. The maximum Gasteiger partial charge on any atom is 0.407 e. The summed E-state index contributed by atoms with van der Waals surface area (Å²) < 4.78 is 5.58. The van der Waals surface area contributed by atoms with Gasteiger partial charge in [0.1, 0.15) is 5.60 Å². The van der Waals surface area contributed by atoms with Crippen LogP contribution in [0.2, 0.25) is 0 Å². The van der Waals surface area contributed by atoms with Crippen LogP contribution in [-0.2, 0) is 4.74 Å². The molecule has 4 saturated carbocycles. The molecule has 0 aromatic rings. The zero-order valence-corrected chi connectivity index (χ0v) is 20.4. The summed E-state index contributed by atoms with van der Waals surface area (Å²) in [4.78, 5) is 12.5. The van der Waals surface area contributed by atoms with Crippen LogP contribution in [0.25, 0.3) is 0 Å². The van der Waals surface area contributed by atoms with E-state index in [1.807, 2.05) is 20.8 Å².